The summed E-state index contributed by atoms with van der Waals surface area (Å²) in [4.78, 5) is 29.8. The van der Waals surface area contributed by atoms with Gasteiger partial charge in [-0.1, -0.05) is 18.6 Å². The van der Waals surface area contributed by atoms with E-state index in [1.165, 1.54) is 19.3 Å². The number of ether oxygens (including phenoxy) is 1. The summed E-state index contributed by atoms with van der Waals surface area (Å²) in [6.45, 7) is 6.40. The van der Waals surface area contributed by atoms with Gasteiger partial charge in [0, 0.05) is 26.1 Å². The van der Waals surface area contributed by atoms with Gasteiger partial charge in [-0.15, -0.1) is 0 Å². The fourth-order valence-corrected chi connectivity index (χ4v) is 4.49. The van der Waals surface area contributed by atoms with Crippen molar-refractivity contribution in [3.05, 3.63) is 29.8 Å². The second kappa shape index (κ2) is 9.92. The number of hydrogen-bond donors (Lipinski definition) is 1. The molecule has 6 heteroatoms. The minimum atomic E-state index is -0.240. The van der Waals surface area contributed by atoms with Crippen molar-refractivity contribution >= 4 is 11.8 Å². The van der Waals surface area contributed by atoms with Gasteiger partial charge in [0.15, 0.2) is 0 Å². The van der Waals surface area contributed by atoms with Crippen molar-refractivity contribution in [3.63, 3.8) is 0 Å². The topological polar surface area (TPSA) is 61.9 Å². The molecule has 2 atom stereocenters. The number of carbonyl (C=O) groups excluding carboxylic acids is 2. The largest absolute Gasteiger partial charge is 0.497 e. The van der Waals surface area contributed by atoms with Crippen LogP contribution in [0.15, 0.2) is 24.3 Å². The first-order valence-electron chi connectivity index (χ1n) is 10.6. The van der Waals surface area contributed by atoms with Crippen LogP contribution < -0.4 is 10.1 Å². The molecule has 0 aliphatic carbocycles. The second-order valence-electron chi connectivity index (χ2n) is 7.74. The Balaban J connectivity index is 1.70. The number of likely N-dealkylation sites (tertiary alicyclic amines) is 2. The van der Waals surface area contributed by atoms with E-state index in [1.54, 1.807) is 7.11 Å². The number of amides is 2. The van der Waals surface area contributed by atoms with Crippen LogP contribution in [0.25, 0.3) is 0 Å². The van der Waals surface area contributed by atoms with Crippen molar-refractivity contribution in [1.29, 1.82) is 0 Å². The number of nitrogens with one attached hydrogen (secondary N) is 1. The highest BCUT2D eigenvalue weighted by atomic mass is 16.5. The fraction of sp³-hybridized carbons (Fsp3) is 0.636. The predicted octanol–water partition coefficient (Wildman–Crippen LogP) is 2.60. The van der Waals surface area contributed by atoms with Crippen molar-refractivity contribution in [2.75, 3.05) is 39.8 Å². The summed E-state index contributed by atoms with van der Waals surface area (Å²) >= 11 is 0. The molecule has 28 heavy (non-hydrogen) atoms. The van der Waals surface area contributed by atoms with E-state index in [2.05, 4.69) is 10.2 Å². The smallest absolute Gasteiger partial charge is 0.225 e. The van der Waals surface area contributed by atoms with Crippen molar-refractivity contribution in [2.24, 2.45) is 5.92 Å². The molecule has 2 heterocycles. The summed E-state index contributed by atoms with van der Waals surface area (Å²) in [6, 6.07) is 7.50. The van der Waals surface area contributed by atoms with Gasteiger partial charge in [0.25, 0.3) is 0 Å². The molecule has 0 bridgehead atoms. The Morgan fingerprint density at radius 3 is 2.75 bits per heavy atom. The molecule has 2 saturated heterocycles. The van der Waals surface area contributed by atoms with Crippen molar-refractivity contribution in [3.8, 4) is 5.75 Å². The lowest BCUT2D eigenvalue weighted by Crippen LogP contribution is -2.49. The van der Waals surface area contributed by atoms with Gasteiger partial charge in [-0.2, -0.15) is 0 Å². The Morgan fingerprint density at radius 2 is 2.04 bits per heavy atom. The van der Waals surface area contributed by atoms with Crippen molar-refractivity contribution < 1.29 is 14.3 Å². The van der Waals surface area contributed by atoms with Crippen LogP contribution in [0, 0.1) is 5.92 Å². The summed E-state index contributed by atoms with van der Waals surface area (Å²) in [5.41, 5.74) is 0.963. The number of rotatable bonds is 7. The molecule has 1 N–H and O–H groups in total. The molecular formula is C22H33N3O3. The number of carbonyl (C=O) groups is 2. The fourth-order valence-electron chi connectivity index (χ4n) is 4.49. The van der Waals surface area contributed by atoms with E-state index >= 15 is 0 Å². The van der Waals surface area contributed by atoms with E-state index in [1.807, 2.05) is 36.1 Å². The van der Waals surface area contributed by atoms with E-state index in [9.17, 15) is 9.59 Å². The van der Waals surface area contributed by atoms with Gasteiger partial charge in [0.2, 0.25) is 11.8 Å². The molecule has 6 nitrogen and oxygen atoms in total. The monoisotopic (exact) mass is 387 g/mol. The summed E-state index contributed by atoms with van der Waals surface area (Å²) in [7, 11) is 1.63. The molecule has 1 aromatic rings. The lowest BCUT2D eigenvalue weighted by atomic mass is 9.83. The van der Waals surface area contributed by atoms with Crippen LogP contribution in [0.2, 0.25) is 0 Å². The highest BCUT2D eigenvalue weighted by Crippen LogP contribution is 2.37. The average Bonchev–Trinajstić information content (AvgIpc) is 2.74. The molecule has 0 aromatic heterocycles. The lowest BCUT2D eigenvalue weighted by Gasteiger charge is -2.40. The van der Waals surface area contributed by atoms with Gasteiger partial charge >= 0.3 is 0 Å². The zero-order valence-corrected chi connectivity index (χ0v) is 17.2. The van der Waals surface area contributed by atoms with E-state index < -0.39 is 0 Å². The Hall–Kier alpha value is -2.08. The molecule has 0 radical (unpaired) electrons. The molecule has 1 aromatic carbocycles. The molecule has 2 amide bonds. The molecule has 0 unspecified atom stereocenters. The van der Waals surface area contributed by atoms with Gasteiger partial charge in [0.1, 0.15) is 5.75 Å². The summed E-state index contributed by atoms with van der Waals surface area (Å²) in [5.74, 6) is 0.686. The number of methoxy groups -OCH3 is 1. The normalized spacial score (nSPS) is 23.5. The Bertz CT molecular complexity index is 673. The van der Waals surface area contributed by atoms with Crippen LogP contribution >= 0.6 is 0 Å². The standard InChI is InChI=1S/C22H33N3O3/c1-3-25-20(26)11-10-19(21(25)17-8-7-9-18(16-17)28-2)22(27)23-12-15-24-13-5-4-6-14-24/h7-9,16,19,21H,3-6,10-15H2,1-2H3,(H,23,27)/t19-,21+/m1/s1. The quantitative estimate of drug-likeness (QED) is 0.781. The Labute approximate surface area is 168 Å². The number of benzene rings is 1. The van der Waals surface area contributed by atoms with Crippen LogP contribution in [-0.2, 0) is 9.59 Å². The first-order valence-corrected chi connectivity index (χ1v) is 10.6. The Kier molecular flexibility index (Phi) is 7.31. The molecule has 2 aliphatic heterocycles. The number of nitrogens with zero attached hydrogens (tertiary/aromatic N) is 2. The maximum Gasteiger partial charge on any atom is 0.225 e. The maximum absolute atomic E-state index is 13.0. The summed E-state index contributed by atoms with van der Waals surface area (Å²) in [5, 5.41) is 3.14. The highest BCUT2D eigenvalue weighted by molar-refractivity contribution is 5.85. The van der Waals surface area contributed by atoms with E-state index in [-0.39, 0.29) is 23.8 Å². The molecule has 0 saturated carbocycles. The predicted molar refractivity (Wildman–Crippen MR) is 109 cm³/mol. The minimum Gasteiger partial charge on any atom is -0.497 e. The zero-order valence-electron chi connectivity index (χ0n) is 17.2. The SMILES string of the molecule is CCN1C(=O)CC[C@@H](C(=O)NCCN2CCCCC2)[C@@H]1c1cccc(OC)c1. The summed E-state index contributed by atoms with van der Waals surface area (Å²) < 4.78 is 5.36. The van der Waals surface area contributed by atoms with Crippen LogP contribution in [0.3, 0.4) is 0 Å². The molecule has 2 aliphatic rings. The van der Waals surface area contributed by atoms with Crippen LogP contribution in [0.5, 0.6) is 5.75 Å². The zero-order chi connectivity index (χ0) is 19.9. The number of piperidine rings is 2. The molecule has 2 fully saturated rings. The highest BCUT2D eigenvalue weighted by Gasteiger charge is 2.39. The molecule has 0 spiro atoms. The number of hydrogen-bond acceptors (Lipinski definition) is 4. The Morgan fingerprint density at radius 1 is 1.25 bits per heavy atom. The van der Waals surface area contributed by atoms with E-state index in [0.717, 1.165) is 30.9 Å². The van der Waals surface area contributed by atoms with Crippen LogP contribution in [-0.4, -0.2) is 61.4 Å². The second-order valence-corrected chi connectivity index (χ2v) is 7.74. The average molecular weight is 388 g/mol. The van der Waals surface area contributed by atoms with Gasteiger partial charge in [-0.25, -0.2) is 0 Å². The maximum atomic E-state index is 13.0. The third-order valence-electron chi connectivity index (χ3n) is 6.00. The first kappa shape index (κ1) is 20.6. The molecular weight excluding hydrogens is 354 g/mol. The third-order valence-corrected chi connectivity index (χ3v) is 6.00. The first-order chi connectivity index (χ1) is 13.6. The molecule has 154 valence electrons. The van der Waals surface area contributed by atoms with E-state index in [4.69, 9.17) is 4.74 Å². The van der Waals surface area contributed by atoms with Gasteiger partial charge in [0.05, 0.1) is 19.1 Å². The van der Waals surface area contributed by atoms with Gasteiger partial charge < -0.3 is 19.9 Å². The third kappa shape index (κ3) is 4.85. The van der Waals surface area contributed by atoms with Crippen LogP contribution in [0.4, 0.5) is 0 Å². The minimum absolute atomic E-state index is 0.0516. The van der Waals surface area contributed by atoms with Gasteiger partial charge in [-0.05, 0) is 57.0 Å². The van der Waals surface area contributed by atoms with E-state index in [0.29, 0.717) is 25.9 Å². The summed E-state index contributed by atoms with van der Waals surface area (Å²) in [6.07, 6.45) is 4.84. The van der Waals surface area contributed by atoms with Gasteiger partial charge in [-0.3, -0.25) is 9.59 Å². The lowest BCUT2D eigenvalue weighted by molar-refractivity contribution is -0.143. The molecule has 3 rings (SSSR count). The van der Waals surface area contributed by atoms with Crippen molar-refractivity contribution in [1.82, 2.24) is 15.1 Å². The van der Waals surface area contributed by atoms with Crippen molar-refractivity contribution in [2.45, 2.75) is 45.1 Å². The van der Waals surface area contributed by atoms with Crippen LogP contribution in [0.1, 0.15) is 50.6 Å².